The Morgan fingerprint density at radius 1 is 1.00 bits per heavy atom. The van der Waals surface area contributed by atoms with Gasteiger partial charge in [0.05, 0.1) is 0 Å². The summed E-state index contributed by atoms with van der Waals surface area (Å²) in [5, 5.41) is 0. The van der Waals surface area contributed by atoms with Gasteiger partial charge in [-0.15, -0.1) is 11.3 Å². The highest BCUT2D eigenvalue weighted by Crippen LogP contribution is 2.35. The van der Waals surface area contributed by atoms with E-state index >= 15 is 0 Å². The van der Waals surface area contributed by atoms with Crippen LogP contribution >= 0.6 is 43.2 Å². The molecule has 0 atom stereocenters. The van der Waals surface area contributed by atoms with Crippen molar-refractivity contribution in [3.05, 3.63) is 18.7 Å². The Morgan fingerprint density at radius 2 is 1.33 bits per heavy atom. The van der Waals surface area contributed by atoms with Crippen LogP contribution in [0.25, 0.3) is 0 Å². The normalized spacial score (nSPS) is 10.2. The van der Waals surface area contributed by atoms with Crippen LogP contribution < -0.4 is 0 Å². The predicted octanol–water partition coefficient (Wildman–Crippen LogP) is 3.89. The van der Waals surface area contributed by atoms with Crippen molar-refractivity contribution in [3.8, 4) is 0 Å². The highest BCUT2D eigenvalue weighted by molar-refractivity contribution is 9.13. The monoisotopic (exact) mass is 268 g/mol. The van der Waals surface area contributed by atoms with Crippen LogP contribution in [-0.4, -0.2) is 0 Å². The van der Waals surface area contributed by atoms with E-state index in [1.165, 1.54) is 18.7 Å². The molecule has 0 aliphatic carbocycles. The van der Waals surface area contributed by atoms with Crippen LogP contribution in [0, 0.1) is 13.8 Å². The topological polar surface area (TPSA) is 0 Å². The van der Waals surface area contributed by atoms with Gasteiger partial charge < -0.3 is 0 Å². The predicted molar refractivity (Wildman–Crippen MR) is 49.2 cm³/mol. The highest BCUT2D eigenvalue weighted by Gasteiger charge is 2.05. The van der Waals surface area contributed by atoms with Gasteiger partial charge in [0, 0.05) is 18.7 Å². The third-order valence-electron chi connectivity index (χ3n) is 1.12. The molecule has 0 aromatic carbocycles. The van der Waals surface area contributed by atoms with Crippen LogP contribution in [0.3, 0.4) is 0 Å². The zero-order valence-corrected chi connectivity index (χ0v) is 9.15. The zero-order chi connectivity index (χ0) is 7.02. The molecule has 1 aromatic rings. The number of hydrogen-bond donors (Lipinski definition) is 0. The summed E-state index contributed by atoms with van der Waals surface area (Å²) in [4.78, 5) is 2.67. The number of hydrogen-bond acceptors (Lipinski definition) is 1. The van der Waals surface area contributed by atoms with Crippen molar-refractivity contribution >= 4 is 43.2 Å². The maximum Gasteiger partial charge on any atom is 0.0456 e. The van der Waals surface area contributed by atoms with E-state index in [2.05, 4.69) is 45.7 Å². The fraction of sp³-hybridized carbons (Fsp3) is 0.333. The Labute approximate surface area is 75.5 Å². The molecule has 0 N–H and O–H groups in total. The second-order valence-corrected chi connectivity index (χ2v) is 4.86. The lowest BCUT2D eigenvalue weighted by molar-refractivity contribution is 1.52. The summed E-state index contributed by atoms with van der Waals surface area (Å²) in [6.45, 7) is 4.21. The fourth-order valence-electron chi connectivity index (χ4n) is 0.628. The van der Waals surface area contributed by atoms with E-state index in [0.29, 0.717) is 0 Å². The highest BCUT2D eigenvalue weighted by atomic mass is 79.9. The van der Waals surface area contributed by atoms with Crippen LogP contribution in [-0.2, 0) is 0 Å². The Morgan fingerprint density at radius 3 is 1.44 bits per heavy atom. The first kappa shape index (κ1) is 7.76. The molecule has 0 fully saturated rings. The van der Waals surface area contributed by atoms with Gasteiger partial charge in [-0.2, -0.15) is 0 Å². The van der Waals surface area contributed by atoms with Crippen molar-refractivity contribution in [1.82, 2.24) is 0 Å². The van der Waals surface area contributed by atoms with Gasteiger partial charge >= 0.3 is 0 Å². The Bertz CT molecular complexity index is 205. The molecule has 1 rings (SSSR count). The van der Waals surface area contributed by atoms with Crippen molar-refractivity contribution in [2.24, 2.45) is 0 Å². The van der Waals surface area contributed by atoms with E-state index in [1.54, 1.807) is 11.3 Å². The van der Waals surface area contributed by atoms with E-state index in [1.807, 2.05) is 0 Å². The van der Waals surface area contributed by atoms with Crippen LogP contribution in [0.2, 0.25) is 0 Å². The molecule has 50 valence electrons. The first-order chi connectivity index (χ1) is 4.13. The van der Waals surface area contributed by atoms with Gasteiger partial charge in [-0.1, -0.05) is 0 Å². The van der Waals surface area contributed by atoms with Gasteiger partial charge in [0.15, 0.2) is 0 Å². The number of thiophene rings is 1. The molecular formula is C6H6Br2S. The molecule has 3 heteroatoms. The van der Waals surface area contributed by atoms with Crippen molar-refractivity contribution in [1.29, 1.82) is 0 Å². The molecule has 0 amide bonds. The lowest BCUT2D eigenvalue weighted by atomic mass is 10.5. The van der Waals surface area contributed by atoms with E-state index in [4.69, 9.17) is 0 Å². The Kier molecular flexibility index (Phi) is 2.35. The fourth-order valence-corrected chi connectivity index (χ4v) is 2.81. The van der Waals surface area contributed by atoms with Gasteiger partial charge in [-0.05, 0) is 45.7 Å². The zero-order valence-electron chi connectivity index (χ0n) is 5.16. The van der Waals surface area contributed by atoms with Crippen molar-refractivity contribution in [2.45, 2.75) is 13.8 Å². The second-order valence-electron chi connectivity index (χ2n) is 1.84. The van der Waals surface area contributed by atoms with Gasteiger partial charge in [-0.25, -0.2) is 0 Å². The van der Waals surface area contributed by atoms with Crippen LogP contribution in [0.1, 0.15) is 9.75 Å². The average Bonchev–Trinajstić information content (AvgIpc) is 1.98. The van der Waals surface area contributed by atoms with E-state index in [9.17, 15) is 0 Å². The molecule has 0 aliphatic heterocycles. The summed E-state index contributed by atoms with van der Waals surface area (Å²) in [6, 6.07) is 0. The van der Waals surface area contributed by atoms with E-state index < -0.39 is 0 Å². The molecule has 0 nitrogen and oxygen atoms in total. The Hall–Kier alpha value is 0.660. The minimum atomic E-state index is 1.20. The second kappa shape index (κ2) is 2.72. The van der Waals surface area contributed by atoms with Crippen molar-refractivity contribution in [2.75, 3.05) is 0 Å². The lowest BCUT2D eigenvalue weighted by Crippen LogP contribution is -1.60. The standard InChI is InChI=1S/C6H6Br2S/c1-3-5(7)6(8)4(2)9-3/h1-2H3. The molecular weight excluding hydrogens is 264 g/mol. The molecule has 1 aromatic heterocycles. The smallest absolute Gasteiger partial charge is 0.0456 e. The van der Waals surface area contributed by atoms with Gasteiger partial charge in [0.25, 0.3) is 0 Å². The minimum absolute atomic E-state index is 1.20. The quantitative estimate of drug-likeness (QED) is 0.670. The summed E-state index contributed by atoms with van der Waals surface area (Å²) in [6.07, 6.45) is 0. The van der Waals surface area contributed by atoms with Crippen LogP contribution in [0.4, 0.5) is 0 Å². The molecule has 0 spiro atoms. The number of aryl methyl sites for hydroxylation is 2. The largest absolute Gasteiger partial charge is 0.144 e. The maximum absolute atomic E-state index is 3.46. The molecule has 0 aliphatic rings. The molecule has 0 unspecified atom stereocenters. The summed E-state index contributed by atoms with van der Waals surface area (Å²) >= 11 is 8.73. The van der Waals surface area contributed by atoms with Crippen LogP contribution in [0.15, 0.2) is 8.95 Å². The molecule has 0 saturated heterocycles. The van der Waals surface area contributed by atoms with Gasteiger partial charge in [0.1, 0.15) is 0 Å². The summed E-state index contributed by atoms with van der Waals surface area (Å²) in [7, 11) is 0. The molecule has 0 radical (unpaired) electrons. The minimum Gasteiger partial charge on any atom is -0.144 e. The van der Waals surface area contributed by atoms with Crippen molar-refractivity contribution in [3.63, 3.8) is 0 Å². The SMILES string of the molecule is Cc1sc(C)c(Br)c1Br. The van der Waals surface area contributed by atoms with E-state index in [0.717, 1.165) is 0 Å². The first-order valence-electron chi connectivity index (χ1n) is 2.54. The molecule has 0 saturated carbocycles. The maximum atomic E-state index is 3.46. The number of rotatable bonds is 0. The Balaban J connectivity index is 3.29. The summed E-state index contributed by atoms with van der Waals surface area (Å²) in [5.41, 5.74) is 0. The van der Waals surface area contributed by atoms with Crippen molar-refractivity contribution < 1.29 is 0 Å². The number of halogens is 2. The summed E-state index contributed by atoms with van der Waals surface area (Å²) < 4.78 is 2.40. The van der Waals surface area contributed by atoms with E-state index in [-0.39, 0.29) is 0 Å². The summed E-state index contributed by atoms with van der Waals surface area (Å²) in [5.74, 6) is 0. The third-order valence-corrected chi connectivity index (χ3v) is 5.18. The first-order valence-corrected chi connectivity index (χ1v) is 4.94. The van der Waals surface area contributed by atoms with Gasteiger partial charge in [-0.3, -0.25) is 0 Å². The molecule has 9 heavy (non-hydrogen) atoms. The van der Waals surface area contributed by atoms with Gasteiger partial charge in [0.2, 0.25) is 0 Å². The molecule has 0 bridgehead atoms. The third kappa shape index (κ3) is 1.38. The van der Waals surface area contributed by atoms with Crippen LogP contribution in [0.5, 0.6) is 0 Å². The molecule has 1 heterocycles. The average molecular weight is 270 g/mol. The lowest BCUT2D eigenvalue weighted by Gasteiger charge is -1.84.